The molecule has 4 heteroatoms. The number of hydrogen-bond acceptors (Lipinski definition) is 3. The van der Waals surface area contributed by atoms with E-state index in [1.165, 1.54) is 6.07 Å². The number of rotatable bonds is 5. The standard InChI is InChI=1S/C22H25NO3/c1-2-3-12-22(18-10-11-19(24)20(25)15-18)13-7-14-23(16-22)21(26)17-8-5-4-6-9-17/h2,4-6,8-11,15,24-25H,1,3,7,12-14,16H2. The third-order valence-electron chi connectivity index (χ3n) is 5.30. The van der Waals surface area contributed by atoms with Crippen LogP contribution >= 0.6 is 0 Å². The summed E-state index contributed by atoms with van der Waals surface area (Å²) in [7, 11) is 0. The van der Waals surface area contributed by atoms with Gasteiger partial charge >= 0.3 is 0 Å². The van der Waals surface area contributed by atoms with Crippen molar-refractivity contribution in [2.24, 2.45) is 0 Å². The molecule has 136 valence electrons. The van der Waals surface area contributed by atoms with Crippen LogP contribution in [0.25, 0.3) is 0 Å². The predicted octanol–water partition coefficient (Wildman–Crippen LogP) is 4.24. The number of phenols is 2. The third-order valence-corrected chi connectivity index (χ3v) is 5.30. The van der Waals surface area contributed by atoms with Crippen LogP contribution in [0.3, 0.4) is 0 Å². The third kappa shape index (κ3) is 3.59. The molecule has 1 aliphatic heterocycles. The van der Waals surface area contributed by atoms with Gasteiger partial charge in [0.25, 0.3) is 5.91 Å². The van der Waals surface area contributed by atoms with E-state index in [2.05, 4.69) is 6.58 Å². The second kappa shape index (κ2) is 7.65. The van der Waals surface area contributed by atoms with Crippen molar-refractivity contribution in [2.75, 3.05) is 13.1 Å². The summed E-state index contributed by atoms with van der Waals surface area (Å²) in [4.78, 5) is 14.8. The van der Waals surface area contributed by atoms with Gasteiger partial charge < -0.3 is 15.1 Å². The smallest absolute Gasteiger partial charge is 0.253 e. The Kier molecular flexibility index (Phi) is 5.31. The number of nitrogens with zero attached hydrogens (tertiary/aromatic N) is 1. The number of allylic oxidation sites excluding steroid dienone is 1. The summed E-state index contributed by atoms with van der Waals surface area (Å²) < 4.78 is 0. The average Bonchev–Trinajstić information content (AvgIpc) is 2.68. The van der Waals surface area contributed by atoms with Gasteiger partial charge in [-0.1, -0.05) is 30.3 Å². The number of piperidine rings is 1. The van der Waals surface area contributed by atoms with Crippen LogP contribution in [0.5, 0.6) is 11.5 Å². The van der Waals surface area contributed by atoms with Crippen LogP contribution in [0.2, 0.25) is 0 Å². The largest absolute Gasteiger partial charge is 0.504 e. The Morgan fingerprint density at radius 1 is 1.15 bits per heavy atom. The van der Waals surface area contributed by atoms with Crippen LogP contribution in [-0.4, -0.2) is 34.1 Å². The SMILES string of the molecule is C=CCCC1(c2ccc(O)c(O)c2)CCCN(C(=O)c2ccccc2)C1. The number of aromatic hydroxyl groups is 2. The Hall–Kier alpha value is -2.75. The van der Waals surface area contributed by atoms with Crippen LogP contribution in [-0.2, 0) is 5.41 Å². The van der Waals surface area contributed by atoms with Gasteiger partial charge in [-0.05, 0) is 55.5 Å². The van der Waals surface area contributed by atoms with Gasteiger partial charge in [0.1, 0.15) is 0 Å². The number of carbonyl (C=O) groups excluding carboxylic acids is 1. The summed E-state index contributed by atoms with van der Waals surface area (Å²) in [5, 5.41) is 19.6. The minimum atomic E-state index is -0.248. The molecular weight excluding hydrogens is 326 g/mol. The monoisotopic (exact) mass is 351 g/mol. The quantitative estimate of drug-likeness (QED) is 0.626. The number of amides is 1. The number of likely N-dealkylation sites (tertiary alicyclic amines) is 1. The Labute approximate surface area is 154 Å². The Morgan fingerprint density at radius 3 is 2.62 bits per heavy atom. The average molecular weight is 351 g/mol. The van der Waals surface area contributed by atoms with E-state index in [9.17, 15) is 15.0 Å². The zero-order valence-corrected chi connectivity index (χ0v) is 14.9. The van der Waals surface area contributed by atoms with Gasteiger partial charge in [-0.25, -0.2) is 0 Å². The van der Waals surface area contributed by atoms with Gasteiger partial charge in [-0.2, -0.15) is 0 Å². The molecule has 0 bridgehead atoms. The maximum atomic E-state index is 12.9. The van der Waals surface area contributed by atoms with Crippen LogP contribution < -0.4 is 0 Å². The van der Waals surface area contributed by atoms with E-state index < -0.39 is 0 Å². The summed E-state index contributed by atoms with van der Waals surface area (Å²) in [5.41, 5.74) is 1.41. The second-order valence-electron chi connectivity index (χ2n) is 7.01. The molecular formula is C22H25NO3. The van der Waals surface area contributed by atoms with Crippen molar-refractivity contribution in [3.05, 3.63) is 72.3 Å². The maximum Gasteiger partial charge on any atom is 0.253 e. The summed E-state index contributed by atoms with van der Waals surface area (Å²) in [5.74, 6) is -0.205. The molecule has 2 aromatic carbocycles. The lowest BCUT2D eigenvalue weighted by Gasteiger charge is -2.43. The highest BCUT2D eigenvalue weighted by molar-refractivity contribution is 5.94. The second-order valence-corrected chi connectivity index (χ2v) is 7.01. The summed E-state index contributed by atoms with van der Waals surface area (Å²) in [6.45, 7) is 5.16. The van der Waals surface area contributed by atoms with E-state index in [4.69, 9.17) is 0 Å². The summed E-state index contributed by atoms with van der Waals surface area (Å²) in [6.07, 6.45) is 5.40. The topological polar surface area (TPSA) is 60.8 Å². The van der Waals surface area contributed by atoms with Crippen molar-refractivity contribution in [1.82, 2.24) is 4.90 Å². The number of carbonyl (C=O) groups is 1. The molecule has 4 nitrogen and oxygen atoms in total. The van der Waals surface area contributed by atoms with Gasteiger partial charge in [0, 0.05) is 24.1 Å². The van der Waals surface area contributed by atoms with Crippen LogP contribution in [0.1, 0.15) is 41.6 Å². The van der Waals surface area contributed by atoms with Crippen molar-refractivity contribution >= 4 is 5.91 Å². The maximum absolute atomic E-state index is 12.9. The molecule has 0 saturated carbocycles. The predicted molar refractivity (Wildman–Crippen MR) is 102 cm³/mol. The van der Waals surface area contributed by atoms with Gasteiger partial charge in [0.15, 0.2) is 11.5 Å². The van der Waals surface area contributed by atoms with E-state index in [0.29, 0.717) is 12.1 Å². The lowest BCUT2D eigenvalue weighted by molar-refractivity contribution is 0.0627. The highest BCUT2D eigenvalue weighted by Gasteiger charge is 2.38. The molecule has 3 rings (SSSR count). The zero-order valence-electron chi connectivity index (χ0n) is 14.9. The first-order valence-electron chi connectivity index (χ1n) is 9.03. The van der Waals surface area contributed by atoms with Gasteiger partial charge in [-0.15, -0.1) is 6.58 Å². The lowest BCUT2D eigenvalue weighted by Crippen LogP contribution is -2.48. The zero-order chi connectivity index (χ0) is 18.6. The van der Waals surface area contributed by atoms with Crippen molar-refractivity contribution in [2.45, 2.75) is 31.1 Å². The normalized spacial score (nSPS) is 19.9. The Bertz CT molecular complexity index is 787. The van der Waals surface area contributed by atoms with Gasteiger partial charge in [0.05, 0.1) is 0 Å². The van der Waals surface area contributed by atoms with Crippen LogP contribution in [0.15, 0.2) is 61.2 Å². The van der Waals surface area contributed by atoms with E-state index in [1.807, 2.05) is 47.4 Å². The van der Waals surface area contributed by atoms with E-state index in [1.54, 1.807) is 6.07 Å². The molecule has 0 spiro atoms. The molecule has 0 aliphatic carbocycles. The number of hydrogen-bond donors (Lipinski definition) is 2. The van der Waals surface area contributed by atoms with E-state index >= 15 is 0 Å². The van der Waals surface area contributed by atoms with Crippen molar-refractivity contribution < 1.29 is 15.0 Å². The lowest BCUT2D eigenvalue weighted by atomic mass is 9.71. The molecule has 1 unspecified atom stereocenters. The van der Waals surface area contributed by atoms with Crippen LogP contribution in [0, 0.1) is 0 Å². The first-order valence-corrected chi connectivity index (χ1v) is 9.03. The molecule has 1 aliphatic rings. The minimum Gasteiger partial charge on any atom is -0.504 e. The minimum absolute atomic E-state index is 0.0382. The van der Waals surface area contributed by atoms with Crippen molar-refractivity contribution in [3.63, 3.8) is 0 Å². The number of benzene rings is 2. The molecule has 0 radical (unpaired) electrons. The molecule has 1 atom stereocenters. The Morgan fingerprint density at radius 2 is 1.92 bits per heavy atom. The summed E-state index contributed by atoms with van der Waals surface area (Å²) >= 11 is 0. The highest BCUT2D eigenvalue weighted by atomic mass is 16.3. The van der Waals surface area contributed by atoms with Gasteiger partial charge in [0.2, 0.25) is 0 Å². The fourth-order valence-electron chi connectivity index (χ4n) is 3.88. The fraction of sp³-hybridized carbons (Fsp3) is 0.318. The van der Waals surface area contributed by atoms with Crippen LogP contribution in [0.4, 0.5) is 0 Å². The number of phenolic OH excluding ortho intramolecular Hbond substituents is 2. The molecule has 0 aromatic heterocycles. The molecule has 2 N–H and O–H groups in total. The molecule has 1 amide bonds. The van der Waals surface area contributed by atoms with Crippen molar-refractivity contribution in [1.29, 1.82) is 0 Å². The molecule has 1 saturated heterocycles. The van der Waals surface area contributed by atoms with Gasteiger partial charge in [-0.3, -0.25) is 4.79 Å². The van der Waals surface area contributed by atoms with E-state index in [0.717, 1.165) is 37.8 Å². The summed E-state index contributed by atoms with van der Waals surface area (Å²) in [6, 6.07) is 14.4. The first-order chi connectivity index (χ1) is 12.6. The first kappa shape index (κ1) is 18.1. The Balaban J connectivity index is 1.92. The fourth-order valence-corrected chi connectivity index (χ4v) is 3.88. The molecule has 1 heterocycles. The molecule has 1 fully saturated rings. The molecule has 26 heavy (non-hydrogen) atoms. The highest BCUT2D eigenvalue weighted by Crippen LogP contribution is 2.41. The molecule has 2 aromatic rings. The van der Waals surface area contributed by atoms with E-state index in [-0.39, 0.29) is 22.8 Å². The van der Waals surface area contributed by atoms with Crippen molar-refractivity contribution in [3.8, 4) is 11.5 Å².